The minimum absolute atomic E-state index is 0. The van der Waals surface area contributed by atoms with E-state index in [0.717, 1.165) is 5.56 Å². The molecule has 1 aliphatic rings. The fourth-order valence-electron chi connectivity index (χ4n) is 3.78. The van der Waals surface area contributed by atoms with E-state index in [0.29, 0.717) is 22.6 Å². The van der Waals surface area contributed by atoms with E-state index < -0.39 is 26.8 Å². The van der Waals surface area contributed by atoms with E-state index in [1.54, 1.807) is 42.5 Å². The average molecular weight is 537 g/mol. The van der Waals surface area contributed by atoms with Crippen LogP contribution in [0.3, 0.4) is 0 Å². The summed E-state index contributed by atoms with van der Waals surface area (Å²) in [5.41, 5.74) is 2.06. The molecule has 11 heteroatoms. The van der Waals surface area contributed by atoms with Crippen molar-refractivity contribution in [3.63, 3.8) is 0 Å². The van der Waals surface area contributed by atoms with Crippen LogP contribution in [0.4, 0.5) is 5.69 Å². The summed E-state index contributed by atoms with van der Waals surface area (Å²) in [5, 5.41) is 11.0. The predicted octanol–water partition coefficient (Wildman–Crippen LogP) is 3.63. The second-order valence-electron chi connectivity index (χ2n) is 8.49. The molecule has 36 heavy (non-hydrogen) atoms. The summed E-state index contributed by atoms with van der Waals surface area (Å²) in [5.74, 6) is -0.415. The van der Waals surface area contributed by atoms with Crippen molar-refractivity contribution in [2.45, 2.75) is 37.0 Å². The molecule has 0 saturated carbocycles. The van der Waals surface area contributed by atoms with Gasteiger partial charge in [-0.3, -0.25) is 14.9 Å². The van der Waals surface area contributed by atoms with Crippen LogP contribution in [0.25, 0.3) is 0 Å². The first-order valence-corrected chi connectivity index (χ1v) is 12.4. The van der Waals surface area contributed by atoms with Gasteiger partial charge in [0.05, 0.1) is 15.7 Å². The van der Waals surface area contributed by atoms with Crippen LogP contribution < -0.4 is 14.2 Å². The van der Waals surface area contributed by atoms with Crippen molar-refractivity contribution in [1.82, 2.24) is 4.72 Å². The number of fused-ring (bicyclic) bond motifs is 1. The number of amides is 1. The molecule has 1 aliphatic heterocycles. The third-order valence-corrected chi connectivity index (χ3v) is 7.16. The Morgan fingerprint density at radius 3 is 2.19 bits per heavy atom. The van der Waals surface area contributed by atoms with Crippen LogP contribution in [-0.2, 0) is 21.2 Å². The number of non-ortho nitro benzene ring substituents is 1. The number of nitrogens with one attached hydrogen (secondary N) is 1. The normalized spacial score (nSPS) is 13.1. The van der Waals surface area contributed by atoms with Crippen molar-refractivity contribution < 1.29 is 27.6 Å². The molecule has 1 atom stereocenters. The van der Waals surface area contributed by atoms with Gasteiger partial charge < -0.3 is 9.47 Å². The van der Waals surface area contributed by atoms with Crippen LogP contribution in [0, 0.1) is 10.1 Å². The van der Waals surface area contributed by atoms with Crippen molar-refractivity contribution in [2.75, 3.05) is 6.79 Å². The number of nitro groups is 1. The third-order valence-electron chi connectivity index (χ3n) is 5.79. The molecule has 9 nitrogen and oxygen atoms in total. The van der Waals surface area contributed by atoms with Crippen LogP contribution in [0.15, 0.2) is 71.6 Å². The SMILES string of the molecule is CC(C)c1ccc(S(=O)(=O)NC(=O)C(Cc2ccc([N+](=O)[O-])cc2)c2ccc3c(c2)OCO3)cc1.[KH]. The number of sulfonamides is 1. The molecular formula is C25H25KN2O7S. The van der Waals surface area contributed by atoms with Gasteiger partial charge in [-0.1, -0.05) is 44.2 Å². The maximum absolute atomic E-state index is 13.3. The molecule has 0 bridgehead atoms. The average Bonchev–Trinajstić information content (AvgIpc) is 3.30. The van der Waals surface area contributed by atoms with Crippen LogP contribution >= 0.6 is 0 Å². The second-order valence-corrected chi connectivity index (χ2v) is 10.2. The molecule has 3 aromatic rings. The molecule has 1 N–H and O–H groups in total. The van der Waals surface area contributed by atoms with Gasteiger partial charge in [-0.2, -0.15) is 0 Å². The Hall–Kier alpha value is -2.28. The van der Waals surface area contributed by atoms with E-state index >= 15 is 0 Å². The molecular weight excluding hydrogens is 511 g/mol. The zero-order valence-electron chi connectivity index (χ0n) is 19.1. The Morgan fingerprint density at radius 1 is 0.972 bits per heavy atom. The Kier molecular flexibility index (Phi) is 9.31. The number of hydrogen-bond donors (Lipinski definition) is 1. The molecule has 0 fully saturated rings. The molecule has 184 valence electrons. The topological polar surface area (TPSA) is 125 Å². The Bertz CT molecular complexity index is 1360. The zero-order chi connectivity index (χ0) is 25.2. The number of nitro benzene ring substituents is 1. The van der Waals surface area contributed by atoms with Crippen LogP contribution in [0.5, 0.6) is 11.5 Å². The van der Waals surface area contributed by atoms with Gasteiger partial charge in [-0.15, -0.1) is 0 Å². The molecule has 0 spiro atoms. The summed E-state index contributed by atoms with van der Waals surface area (Å²) in [6, 6.07) is 17.1. The monoisotopic (exact) mass is 536 g/mol. The van der Waals surface area contributed by atoms with E-state index in [1.807, 2.05) is 13.8 Å². The van der Waals surface area contributed by atoms with Gasteiger partial charge in [-0.25, -0.2) is 13.1 Å². The first-order chi connectivity index (χ1) is 16.6. The first-order valence-electron chi connectivity index (χ1n) is 10.9. The summed E-state index contributed by atoms with van der Waals surface area (Å²) in [6.45, 7) is 4.05. The Labute approximate surface area is 251 Å². The Balaban J connectivity index is 0.00000361. The number of ether oxygens (including phenoxy) is 2. The van der Waals surface area contributed by atoms with Crippen molar-refractivity contribution in [3.05, 3.63) is 93.5 Å². The third kappa shape index (κ3) is 6.53. The predicted molar refractivity (Wildman–Crippen MR) is 135 cm³/mol. The van der Waals surface area contributed by atoms with Crippen molar-refractivity contribution in [1.29, 1.82) is 0 Å². The van der Waals surface area contributed by atoms with Gasteiger partial charge in [0, 0.05) is 12.1 Å². The summed E-state index contributed by atoms with van der Waals surface area (Å²) in [4.78, 5) is 23.8. The van der Waals surface area contributed by atoms with Gasteiger partial charge in [0.25, 0.3) is 15.7 Å². The van der Waals surface area contributed by atoms with E-state index in [9.17, 15) is 23.3 Å². The van der Waals surface area contributed by atoms with Gasteiger partial charge in [0.2, 0.25) is 12.7 Å². The molecule has 1 amide bonds. The van der Waals surface area contributed by atoms with Gasteiger partial charge >= 0.3 is 51.4 Å². The summed E-state index contributed by atoms with van der Waals surface area (Å²) < 4.78 is 38.9. The molecule has 0 aromatic heterocycles. The summed E-state index contributed by atoms with van der Waals surface area (Å²) in [7, 11) is -4.12. The molecule has 0 aliphatic carbocycles. The number of carbonyl (C=O) groups is 1. The van der Waals surface area contributed by atoms with Crippen LogP contribution in [-0.4, -0.2) is 77.4 Å². The fraction of sp³-hybridized carbons (Fsp3) is 0.240. The molecule has 0 saturated heterocycles. The van der Waals surface area contributed by atoms with Crippen molar-refractivity contribution in [2.24, 2.45) is 0 Å². The van der Waals surface area contributed by atoms with E-state index in [-0.39, 0.29) is 81.1 Å². The number of hydrogen-bond acceptors (Lipinski definition) is 7. The van der Waals surface area contributed by atoms with E-state index in [4.69, 9.17) is 9.47 Å². The number of rotatable bonds is 8. The first kappa shape index (κ1) is 28.3. The minimum atomic E-state index is -4.12. The number of benzene rings is 3. The number of carbonyl (C=O) groups excluding carboxylic acids is 1. The quantitative estimate of drug-likeness (QED) is 0.265. The summed E-state index contributed by atoms with van der Waals surface area (Å²) >= 11 is 0. The summed E-state index contributed by atoms with van der Waals surface area (Å²) in [6.07, 6.45) is 0.116. The van der Waals surface area contributed by atoms with E-state index in [1.165, 1.54) is 24.3 Å². The van der Waals surface area contributed by atoms with Gasteiger partial charge in [0.15, 0.2) is 11.5 Å². The van der Waals surface area contributed by atoms with Crippen LogP contribution in [0.2, 0.25) is 0 Å². The van der Waals surface area contributed by atoms with Crippen molar-refractivity contribution in [3.8, 4) is 11.5 Å². The van der Waals surface area contributed by atoms with Gasteiger partial charge in [0.1, 0.15) is 0 Å². The molecule has 1 heterocycles. The van der Waals surface area contributed by atoms with Gasteiger partial charge in [-0.05, 0) is 53.3 Å². The second kappa shape index (κ2) is 11.8. The van der Waals surface area contributed by atoms with Crippen LogP contribution in [0.1, 0.15) is 42.4 Å². The maximum atomic E-state index is 13.3. The zero-order valence-corrected chi connectivity index (χ0v) is 19.9. The fourth-order valence-corrected chi connectivity index (χ4v) is 4.79. The van der Waals surface area contributed by atoms with E-state index in [2.05, 4.69) is 4.72 Å². The standard InChI is InChI=1S/C25H24N2O7S.K.H/c1-16(2)18-5-10-21(11-6-18)35(31,32)26-25(28)22(13-17-3-8-20(9-4-17)27(29)30)19-7-12-23-24(14-19)34-15-33-23;;/h3-12,14,16,22H,13,15H2,1-2H3,(H,26,28);;. The number of nitrogens with zero attached hydrogens (tertiary/aromatic N) is 1. The molecule has 3 aromatic carbocycles. The molecule has 0 radical (unpaired) electrons. The molecule has 4 rings (SSSR count). The molecule has 1 unspecified atom stereocenters. The van der Waals surface area contributed by atoms with Crippen molar-refractivity contribution >= 4 is 73.0 Å². The Morgan fingerprint density at radius 2 is 1.58 bits per heavy atom.